The van der Waals surface area contributed by atoms with Gasteiger partial charge in [-0.1, -0.05) is 16.8 Å². The predicted octanol–water partition coefficient (Wildman–Crippen LogP) is 3.37. The van der Waals surface area contributed by atoms with Crippen LogP contribution in [0.3, 0.4) is 0 Å². The number of anilines is 1. The SMILES string of the molecule is COc1ccc(Cl)c(-c2cc(N)no2)c1OC(C)C. The summed E-state index contributed by atoms with van der Waals surface area (Å²) >= 11 is 6.22. The van der Waals surface area contributed by atoms with Gasteiger partial charge in [0, 0.05) is 6.07 Å². The van der Waals surface area contributed by atoms with Gasteiger partial charge in [0.15, 0.2) is 23.1 Å². The van der Waals surface area contributed by atoms with E-state index in [2.05, 4.69) is 5.16 Å². The second-order valence-electron chi connectivity index (χ2n) is 4.24. The van der Waals surface area contributed by atoms with Crippen molar-refractivity contribution in [2.24, 2.45) is 0 Å². The maximum Gasteiger partial charge on any atom is 0.174 e. The van der Waals surface area contributed by atoms with Crippen LogP contribution in [0, 0.1) is 0 Å². The van der Waals surface area contributed by atoms with Gasteiger partial charge in [0.1, 0.15) is 0 Å². The molecule has 19 heavy (non-hydrogen) atoms. The van der Waals surface area contributed by atoms with Gasteiger partial charge in [-0.3, -0.25) is 0 Å². The Kier molecular flexibility index (Phi) is 3.85. The summed E-state index contributed by atoms with van der Waals surface area (Å²) in [6.07, 6.45) is -0.0358. The third kappa shape index (κ3) is 2.76. The van der Waals surface area contributed by atoms with Crippen LogP contribution in [0.1, 0.15) is 13.8 Å². The summed E-state index contributed by atoms with van der Waals surface area (Å²) in [5.41, 5.74) is 6.15. The molecule has 2 aromatic rings. The molecule has 2 rings (SSSR count). The minimum Gasteiger partial charge on any atom is -0.493 e. The number of aromatic nitrogens is 1. The van der Waals surface area contributed by atoms with Crippen LogP contribution in [0.15, 0.2) is 22.7 Å². The van der Waals surface area contributed by atoms with Crippen molar-refractivity contribution in [1.29, 1.82) is 0 Å². The molecule has 2 N–H and O–H groups in total. The number of nitrogens with two attached hydrogens (primary N) is 1. The van der Waals surface area contributed by atoms with Crippen LogP contribution >= 0.6 is 11.6 Å². The second-order valence-corrected chi connectivity index (χ2v) is 4.64. The Hall–Kier alpha value is -1.88. The van der Waals surface area contributed by atoms with E-state index in [1.54, 1.807) is 25.3 Å². The lowest BCUT2D eigenvalue weighted by Crippen LogP contribution is -2.08. The molecule has 0 aliphatic carbocycles. The molecule has 6 heteroatoms. The van der Waals surface area contributed by atoms with E-state index in [-0.39, 0.29) is 11.9 Å². The van der Waals surface area contributed by atoms with Gasteiger partial charge in [-0.25, -0.2) is 0 Å². The Bertz CT molecular complexity index is 581. The van der Waals surface area contributed by atoms with Crippen molar-refractivity contribution >= 4 is 17.4 Å². The number of hydrogen-bond donors (Lipinski definition) is 1. The first-order valence-electron chi connectivity index (χ1n) is 5.78. The highest BCUT2D eigenvalue weighted by molar-refractivity contribution is 6.33. The Morgan fingerprint density at radius 1 is 1.37 bits per heavy atom. The number of ether oxygens (including phenoxy) is 2. The molecule has 102 valence electrons. The largest absolute Gasteiger partial charge is 0.493 e. The van der Waals surface area contributed by atoms with E-state index in [0.717, 1.165) is 0 Å². The highest BCUT2D eigenvalue weighted by atomic mass is 35.5. The fraction of sp³-hybridized carbons (Fsp3) is 0.308. The Morgan fingerprint density at radius 3 is 2.63 bits per heavy atom. The molecule has 0 aliphatic rings. The summed E-state index contributed by atoms with van der Waals surface area (Å²) in [7, 11) is 1.56. The Morgan fingerprint density at radius 2 is 2.11 bits per heavy atom. The first kappa shape index (κ1) is 13.5. The minimum absolute atomic E-state index is 0.0358. The lowest BCUT2D eigenvalue weighted by atomic mass is 10.1. The molecule has 1 heterocycles. The van der Waals surface area contributed by atoms with Crippen LogP contribution in [-0.4, -0.2) is 18.4 Å². The second kappa shape index (κ2) is 5.40. The van der Waals surface area contributed by atoms with Crippen LogP contribution in [0.5, 0.6) is 11.5 Å². The number of nitrogens with zero attached hydrogens (tertiary/aromatic N) is 1. The zero-order chi connectivity index (χ0) is 14.0. The topological polar surface area (TPSA) is 70.5 Å². The zero-order valence-electron chi connectivity index (χ0n) is 10.9. The molecule has 0 saturated heterocycles. The number of nitrogen functional groups attached to an aromatic ring is 1. The Labute approximate surface area is 116 Å². The fourth-order valence-corrected chi connectivity index (χ4v) is 1.93. The Balaban J connectivity index is 2.62. The molecule has 1 aromatic carbocycles. The van der Waals surface area contributed by atoms with Gasteiger partial charge in [-0.15, -0.1) is 0 Å². The highest BCUT2D eigenvalue weighted by Gasteiger charge is 2.20. The van der Waals surface area contributed by atoms with E-state index in [9.17, 15) is 0 Å². The fourth-order valence-electron chi connectivity index (χ4n) is 1.69. The number of rotatable bonds is 4. The third-order valence-corrected chi connectivity index (χ3v) is 2.73. The molecule has 0 spiro atoms. The number of benzene rings is 1. The summed E-state index contributed by atoms with van der Waals surface area (Å²) in [6.45, 7) is 3.83. The first-order chi connectivity index (χ1) is 9.02. The van der Waals surface area contributed by atoms with E-state index in [1.165, 1.54) is 0 Å². The molecule has 0 amide bonds. The van der Waals surface area contributed by atoms with Crippen LogP contribution in [-0.2, 0) is 0 Å². The van der Waals surface area contributed by atoms with Crippen molar-refractivity contribution in [2.45, 2.75) is 20.0 Å². The van der Waals surface area contributed by atoms with Gasteiger partial charge in [0.25, 0.3) is 0 Å². The summed E-state index contributed by atoms with van der Waals surface area (Å²) in [5.74, 6) is 1.81. The molecule has 0 atom stereocenters. The quantitative estimate of drug-likeness (QED) is 0.931. The lowest BCUT2D eigenvalue weighted by molar-refractivity contribution is 0.230. The van der Waals surface area contributed by atoms with E-state index in [1.807, 2.05) is 13.8 Å². The molecular formula is C13H15ClN2O3. The molecule has 0 bridgehead atoms. The third-order valence-electron chi connectivity index (χ3n) is 2.42. The predicted molar refractivity (Wildman–Crippen MR) is 73.7 cm³/mol. The van der Waals surface area contributed by atoms with Gasteiger partial charge >= 0.3 is 0 Å². The van der Waals surface area contributed by atoms with E-state index in [4.69, 9.17) is 31.3 Å². The molecule has 0 radical (unpaired) electrons. The van der Waals surface area contributed by atoms with Gasteiger partial charge < -0.3 is 19.7 Å². The van der Waals surface area contributed by atoms with E-state index >= 15 is 0 Å². The van der Waals surface area contributed by atoms with Crippen LogP contribution in [0.2, 0.25) is 5.02 Å². The lowest BCUT2D eigenvalue weighted by Gasteiger charge is -2.17. The molecule has 0 saturated carbocycles. The van der Waals surface area contributed by atoms with Crippen molar-refractivity contribution in [3.05, 3.63) is 23.2 Å². The molecule has 5 nitrogen and oxygen atoms in total. The van der Waals surface area contributed by atoms with Gasteiger partial charge in [0.05, 0.1) is 23.8 Å². The van der Waals surface area contributed by atoms with Crippen molar-refractivity contribution < 1.29 is 14.0 Å². The van der Waals surface area contributed by atoms with Crippen LogP contribution in [0.25, 0.3) is 11.3 Å². The highest BCUT2D eigenvalue weighted by Crippen LogP contribution is 2.43. The summed E-state index contributed by atoms with van der Waals surface area (Å²) in [4.78, 5) is 0. The normalized spacial score (nSPS) is 10.8. The average molecular weight is 283 g/mol. The van der Waals surface area contributed by atoms with Gasteiger partial charge in [-0.05, 0) is 26.0 Å². The molecule has 0 fully saturated rings. The average Bonchev–Trinajstić information content (AvgIpc) is 2.75. The number of hydrogen-bond acceptors (Lipinski definition) is 5. The van der Waals surface area contributed by atoms with Crippen molar-refractivity contribution in [3.63, 3.8) is 0 Å². The molecular weight excluding hydrogens is 268 g/mol. The summed E-state index contributed by atoms with van der Waals surface area (Å²) in [5, 5.41) is 4.14. The zero-order valence-corrected chi connectivity index (χ0v) is 11.7. The molecule has 1 aromatic heterocycles. The van der Waals surface area contributed by atoms with Crippen LogP contribution < -0.4 is 15.2 Å². The van der Waals surface area contributed by atoms with Crippen molar-refractivity contribution in [1.82, 2.24) is 5.16 Å². The van der Waals surface area contributed by atoms with Crippen molar-refractivity contribution in [2.75, 3.05) is 12.8 Å². The van der Waals surface area contributed by atoms with E-state index in [0.29, 0.717) is 27.8 Å². The minimum atomic E-state index is -0.0358. The van der Waals surface area contributed by atoms with Crippen LogP contribution in [0.4, 0.5) is 5.82 Å². The van der Waals surface area contributed by atoms with E-state index < -0.39 is 0 Å². The maximum atomic E-state index is 6.22. The summed E-state index contributed by atoms with van der Waals surface area (Å²) < 4.78 is 16.2. The smallest absolute Gasteiger partial charge is 0.174 e. The van der Waals surface area contributed by atoms with Gasteiger partial charge in [0.2, 0.25) is 0 Å². The molecule has 0 aliphatic heterocycles. The monoisotopic (exact) mass is 282 g/mol. The standard InChI is InChI=1S/C13H15ClN2O3/c1-7(2)18-13-9(17-3)5-4-8(14)12(13)10-6-11(15)16-19-10/h4-7H,1-3H3,(H2,15,16). The maximum absolute atomic E-state index is 6.22. The van der Waals surface area contributed by atoms with Crippen molar-refractivity contribution in [3.8, 4) is 22.8 Å². The summed E-state index contributed by atoms with van der Waals surface area (Å²) in [6, 6.07) is 5.04. The number of methoxy groups -OCH3 is 1. The van der Waals surface area contributed by atoms with Gasteiger partial charge in [-0.2, -0.15) is 0 Å². The first-order valence-corrected chi connectivity index (χ1v) is 6.16. The number of halogens is 1. The molecule has 0 unspecified atom stereocenters.